The average molecular weight is 1700 g/mol. The van der Waals surface area contributed by atoms with E-state index in [1.807, 2.05) is 18.2 Å². The van der Waals surface area contributed by atoms with E-state index in [2.05, 4.69) is 64.4 Å². The largest absolute Gasteiger partial charge is 0.472 e. The quantitative estimate of drug-likeness (QED) is 0.0117. The maximum absolute atomic E-state index is 14.1. The molecule has 4 aromatic heterocycles. The normalized spacial score (nSPS) is 21.7. The molecule has 3 saturated heterocycles. The van der Waals surface area contributed by atoms with Crippen LogP contribution in [-0.4, -0.2) is 157 Å². The summed E-state index contributed by atoms with van der Waals surface area (Å²) in [5.74, 6) is -2.02. The van der Waals surface area contributed by atoms with Crippen molar-refractivity contribution >= 4 is 38.3 Å². The van der Waals surface area contributed by atoms with E-state index in [0.717, 1.165) is 82.7 Å². The number of aromatic nitrogens is 6. The number of phosphoric acid groups is 2. The number of nitrogens with zero attached hydrogens (tertiary/aromatic N) is 10. The highest BCUT2D eigenvalue weighted by Crippen LogP contribution is 2.52. The summed E-state index contributed by atoms with van der Waals surface area (Å²) < 4.78 is 126. The second kappa shape index (κ2) is 50.1. The van der Waals surface area contributed by atoms with E-state index in [9.17, 15) is 59.0 Å². The molecule has 119 heavy (non-hydrogen) atoms. The topological polar surface area (TPSA) is 433 Å². The van der Waals surface area contributed by atoms with E-state index in [-0.39, 0.29) is 54.9 Å². The van der Waals surface area contributed by atoms with Crippen molar-refractivity contribution in [3.63, 3.8) is 0 Å². The van der Waals surface area contributed by atoms with E-state index < -0.39 is 120 Å². The molecule has 3 aliphatic heterocycles. The first kappa shape index (κ1) is 96.9. The van der Waals surface area contributed by atoms with Gasteiger partial charge in [-0.05, 0) is 150 Å². The molecular formula is C85H120F2N12O18P2. The van der Waals surface area contributed by atoms with Gasteiger partial charge in [-0.3, -0.25) is 18.1 Å². The molecule has 9 rings (SSSR count). The van der Waals surface area contributed by atoms with Crippen LogP contribution in [0.15, 0.2) is 97.6 Å². The lowest BCUT2D eigenvalue weighted by Crippen LogP contribution is -2.41. The second-order valence-corrected chi connectivity index (χ2v) is 33.6. The minimum absolute atomic E-state index is 0.0191. The Bertz CT molecular complexity index is 4420. The van der Waals surface area contributed by atoms with E-state index in [1.165, 1.54) is 167 Å². The molecular weight excluding hydrogens is 1580 g/mol. The van der Waals surface area contributed by atoms with Gasteiger partial charge in [0.25, 0.3) is 0 Å². The zero-order valence-electron chi connectivity index (χ0n) is 69.0. The summed E-state index contributed by atoms with van der Waals surface area (Å²) >= 11 is 0. The monoisotopic (exact) mass is 1700 g/mol. The summed E-state index contributed by atoms with van der Waals surface area (Å²) in [6, 6.07) is 21.8. The Kier molecular flexibility index (Phi) is 40.8. The van der Waals surface area contributed by atoms with Crippen LogP contribution in [0.2, 0.25) is 0 Å². The summed E-state index contributed by atoms with van der Waals surface area (Å²) in [6.45, 7) is 6.34. The third-order valence-electron chi connectivity index (χ3n) is 20.8. The van der Waals surface area contributed by atoms with Crippen molar-refractivity contribution in [3.05, 3.63) is 143 Å². The van der Waals surface area contributed by atoms with Gasteiger partial charge in [0, 0.05) is 13.2 Å². The number of aliphatic hydroxyl groups is 2. The summed E-state index contributed by atoms with van der Waals surface area (Å²) in [4.78, 5) is 29.3. The van der Waals surface area contributed by atoms with Gasteiger partial charge in [-0.25, -0.2) is 36.9 Å². The zero-order valence-corrected chi connectivity index (χ0v) is 70.8. The number of hydrogen-bond donors (Lipinski definition) is 6. The number of unbranched alkanes of at least 4 members (excludes halogenated alkanes) is 24. The second-order valence-electron chi connectivity index (χ2n) is 30.7. The number of benzene rings is 2. The molecule has 30 nitrogen and oxygen atoms in total. The molecule has 0 bridgehead atoms. The molecule has 0 spiro atoms. The molecule has 0 aliphatic carbocycles. The predicted molar refractivity (Wildman–Crippen MR) is 438 cm³/mol. The van der Waals surface area contributed by atoms with E-state index in [0.29, 0.717) is 41.1 Å². The molecule has 0 saturated carbocycles. The number of fused-ring (bicyclic) bond motifs is 3. The van der Waals surface area contributed by atoms with Crippen LogP contribution in [0.25, 0.3) is 11.0 Å². The number of nitrogen functional groups attached to an aromatic ring is 2. The number of allylic oxidation sites excluding steroid dienone is 4. The first-order valence-electron chi connectivity index (χ1n) is 41.8. The molecule has 7 heterocycles. The predicted octanol–water partition coefficient (Wildman–Crippen LogP) is 15.7. The Morgan fingerprint density at radius 2 is 0.916 bits per heavy atom. The summed E-state index contributed by atoms with van der Waals surface area (Å²) in [7, 11) is -9.60. The van der Waals surface area contributed by atoms with Crippen molar-refractivity contribution in [1.29, 1.82) is 21.0 Å². The smallest absolute Gasteiger partial charge is 0.387 e. The molecule has 0 radical (unpaired) electrons. The molecule has 652 valence electrons. The Hall–Kier alpha value is -7.60. The van der Waals surface area contributed by atoms with Gasteiger partial charge >= 0.3 is 15.6 Å². The lowest BCUT2D eigenvalue weighted by molar-refractivity contribution is -0.204. The number of phosphoric ester groups is 2. The van der Waals surface area contributed by atoms with Gasteiger partial charge in [-0.2, -0.15) is 31.2 Å². The minimum atomic E-state index is -4.84. The van der Waals surface area contributed by atoms with Crippen LogP contribution >= 0.6 is 15.6 Å². The lowest BCUT2D eigenvalue weighted by Gasteiger charge is -2.29. The SMILES string of the molecule is CCCCCCCC/C=C\CCCCCCCCOC[C@H](COP(=O)(O)OC[C@H]1O[C@@](C#N)(c2ccc3c(N)ncnn23)[C@@H]2OC(C)(C)O[C@@H]21)OCc1cc(F)cc(C#N)c1.CCCCCCCC/C=C\CCCCCCCCOC[C@H](COP(=O)(O)OC[C@H]1O[C@@](C#N)(c2ccc3c(N)ncnn23)[C@H](O)[C@@H]1O)OCc1cc(F)cc(C#N)c1. The molecule has 3 fully saturated rings. The van der Waals surface area contributed by atoms with E-state index in [4.69, 9.17) is 67.5 Å². The van der Waals surface area contributed by atoms with Crippen molar-refractivity contribution in [2.24, 2.45) is 0 Å². The number of nitrogens with two attached hydrogens (primary N) is 2. The average Bonchev–Trinajstić information content (AvgIpc) is 1.56. The highest BCUT2D eigenvalue weighted by Gasteiger charge is 2.66. The third kappa shape index (κ3) is 30.5. The van der Waals surface area contributed by atoms with Gasteiger partial charge in [-0.15, -0.1) is 0 Å². The van der Waals surface area contributed by atoms with Crippen LogP contribution in [0.4, 0.5) is 20.4 Å². The minimum Gasteiger partial charge on any atom is -0.387 e. The van der Waals surface area contributed by atoms with Crippen LogP contribution in [0.3, 0.4) is 0 Å². The molecule has 12 atom stereocenters. The van der Waals surface area contributed by atoms with Crippen LogP contribution in [-0.2, 0) is 89.5 Å². The number of ether oxygens (including phenoxy) is 8. The maximum atomic E-state index is 14.1. The fraction of sp³-hybridized carbons (Fsp3) is 0.624. The van der Waals surface area contributed by atoms with Crippen LogP contribution in [0, 0.1) is 57.0 Å². The molecule has 3 aliphatic rings. The Morgan fingerprint density at radius 3 is 1.34 bits per heavy atom. The van der Waals surface area contributed by atoms with Crippen LogP contribution in [0.5, 0.6) is 0 Å². The van der Waals surface area contributed by atoms with Gasteiger partial charge in [0.05, 0.1) is 87.5 Å². The molecule has 2 unspecified atom stereocenters. The first-order chi connectivity index (χ1) is 57.4. The van der Waals surface area contributed by atoms with Gasteiger partial charge in [0.15, 0.2) is 17.4 Å². The van der Waals surface area contributed by atoms with Crippen molar-refractivity contribution in [3.8, 4) is 24.3 Å². The zero-order chi connectivity index (χ0) is 85.5. The number of aliphatic hydroxyl groups excluding tert-OH is 2. The highest BCUT2D eigenvalue weighted by atomic mass is 31.2. The first-order valence-corrected chi connectivity index (χ1v) is 44.8. The molecule has 8 N–H and O–H groups in total. The van der Waals surface area contributed by atoms with Crippen LogP contribution < -0.4 is 11.5 Å². The van der Waals surface area contributed by atoms with Crippen molar-refractivity contribution in [2.45, 2.75) is 287 Å². The summed E-state index contributed by atoms with van der Waals surface area (Å²) in [5, 5.41) is 69.3. The van der Waals surface area contributed by atoms with Crippen molar-refractivity contribution < 1.29 is 93.9 Å². The molecule has 0 amide bonds. The Labute approximate surface area is 697 Å². The fourth-order valence-corrected chi connectivity index (χ4v) is 16.0. The van der Waals surface area contributed by atoms with Gasteiger partial charge < -0.3 is 69.4 Å². The fourth-order valence-electron chi connectivity index (χ4n) is 14.4. The van der Waals surface area contributed by atoms with Crippen LogP contribution in [0.1, 0.15) is 241 Å². The standard InChI is InChI=1S/C44H62FN6O9P.C41H58FN6O9P/c1-4-5-6-7-8-9-10-11-12-13-14-15-16-17-18-19-22-54-28-36(55-27-34-23-33(26-46)24-35(45)25-34)29-56-61(52,53)57-30-38-40-41(60-43(2,3)59-40)44(31-47,58-38)39-21-20-37-42(48)49-32-50-51(37)39;1-2-3-4-5-6-7-8-9-10-11-12-13-14-15-16-17-20-53-26-34(54-25-32-21-31(24-43)22-33(42)23-32)27-55-58(51,52)56-28-36-38(49)39(50)41(29-44,57-36)37-19-18-35-40(45)46-30-47-48(35)37/h11-12,20-21,23-25,32,36,38,40-41H,4-10,13-19,22,27-30H2,1-3H3,(H,52,53)(H2,48,49,50);9-10,18-19,21-23,30,34,36,38-39,49-50H,2-8,11-17,20,25-28H2,1H3,(H,51,52)(H2,45,46,47)/b12-11-;10-9-/t36-,38-,40-,41-,44+;34-,36-,38-,39-,41+/m11/s1. The summed E-state index contributed by atoms with van der Waals surface area (Å²) in [5.41, 5.74) is 10.2. The van der Waals surface area contributed by atoms with E-state index in [1.54, 1.807) is 26.0 Å². The third-order valence-corrected chi connectivity index (χ3v) is 22.7. The Morgan fingerprint density at radius 1 is 0.521 bits per heavy atom. The van der Waals surface area contributed by atoms with E-state index >= 15 is 0 Å². The highest BCUT2D eigenvalue weighted by molar-refractivity contribution is 7.47. The lowest BCUT2D eigenvalue weighted by atomic mass is 9.92. The number of rotatable bonds is 56. The molecule has 34 heteroatoms. The maximum Gasteiger partial charge on any atom is 0.472 e. The summed E-state index contributed by atoms with van der Waals surface area (Å²) in [6.07, 6.45) is 35.3. The van der Waals surface area contributed by atoms with Crippen molar-refractivity contribution in [2.75, 3.05) is 64.3 Å². The number of nitriles is 4. The number of anilines is 2. The van der Waals surface area contributed by atoms with Crippen molar-refractivity contribution in [1.82, 2.24) is 29.2 Å². The van der Waals surface area contributed by atoms with Gasteiger partial charge in [0.2, 0.25) is 11.2 Å². The molecule has 2 aromatic carbocycles. The molecule has 6 aromatic rings. The van der Waals surface area contributed by atoms with Gasteiger partial charge in [0.1, 0.15) is 96.3 Å². The van der Waals surface area contributed by atoms with Gasteiger partial charge in [-0.1, -0.05) is 154 Å². The Balaban J connectivity index is 0.000000297. The number of hydrogen-bond acceptors (Lipinski definition) is 26. The number of halogens is 2.